The molecule has 0 fully saturated rings. The predicted molar refractivity (Wildman–Crippen MR) is 122 cm³/mol. The molecule has 0 radical (unpaired) electrons. The molecule has 1 atom stereocenters. The van der Waals surface area contributed by atoms with Crippen molar-refractivity contribution in [3.05, 3.63) is 85.5 Å². The molecular weight excluding hydrogens is 375 g/mol. The van der Waals surface area contributed by atoms with Gasteiger partial charge >= 0.3 is 0 Å². The second-order valence-electron chi connectivity index (χ2n) is 7.17. The Balaban J connectivity index is 1.89. The number of hydrogen-bond donors (Lipinski definition) is 0. The van der Waals surface area contributed by atoms with Crippen molar-refractivity contribution in [2.45, 2.75) is 32.4 Å². The van der Waals surface area contributed by atoms with Crippen LogP contribution in [0.15, 0.2) is 79.9 Å². The molecule has 0 saturated heterocycles. The summed E-state index contributed by atoms with van der Waals surface area (Å²) in [6.07, 6.45) is 12.7. The number of alkyl halides is 1. The van der Waals surface area contributed by atoms with Crippen molar-refractivity contribution < 1.29 is 9.13 Å². The van der Waals surface area contributed by atoms with E-state index < -0.39 is 6.17 Å². The lowest BCUT2D eigenvalue weighted by Gasteiger charge is -2.12. The fourth-order valence-electron chi connectivity index (χ4n) is 3.22. The Kier molecular flexibility index (Phi) is 7.90. The van der Waals surface area contributed by atoms with Gasteiger partial charge in [-0.25, -0.2) is 14.4 Å². The molecule has 1 unspecified atom stereocenters. The first-order valence-electron chi connectivity index (χ1n) is 10.2. The van der Waals surface area contributed by atoms with Crippen LogP contribution >= 0.6 is 0 Å². The number of nitrogens with zero attached hydrogens (tertiary/aromatic N) is 2. The summed E-state index contributed by atoms with van der Waals surface area (Å²) in [6.45, 7) is 5.76. The lowest BCUT2D eigenvalue weighted by Crippen LogP contribution is -1.93. The summed E-state index contributed by atoms with van der Waals surface area (Å²) in [5.74, 6) is 0.807. The van der Waals surface area contributed by atoms with Crippen LogP contribution in [0.2, 0.25) is 0 Å². The van der Waals surface area contributed by atoms with E-state index in [4.69, 9.17) is 4.74 Å². The van der Waals surface area contributed by atoms with Crippen LogP contribution in [0.3, 0.4) is 0 Å². The van der Waals surface area contributed by atoms with Gasteiger partial charge in [0.15, 0.2) is 0 Å². The van der Waals surface area contributed by atoms with E-state index >= 15 is 0 Å². The van der Waals surface area contributed by atoms with Gasteiger partial charge < -0.3 is 4.74 Å². The summed E-state index contributed by atoms with van der Waals surface area (Å²) in [6, 6.07) is 14.4. The minimum atomic E-state index is -0.740. The molecule has 0 spiro atoms. The first-order valence-corrected chi connectivity index (χ1v) is 10.2. The third kappa shape index (κ3) is 6.11. The van der Waals surface area contributed by atoms with Gasteiger partial charge in [-0.3, -0.25) is 0 Å². The molecule has 0 bridgehead atoms. The van der Waals surface area contributed by atoms with Crippen LogP contribution in [0.1, 0.15) is 31.7 Å². The van der Waals surface area contributed by atoms with E-state index in [1.54, 1.807) is 13.0 Å². The standard InChI is InChI=1S/C26H27FN2O/c1-3-15-30-24-12-10-22(11-13-24)26-16-21(8-6-4-5-7-20(2)27)9-14-25(26)23-17-28-19-29-18-23/h3,6,8-14,16-20H,1,4-5,7,15H2,2H3. The largest absolute Gasteiger partial charge is 0.490 e. The maximum Gasteiger partial charge on any atom is 0.119 e. The maximum atomic E-state index is 12.9. The Bertz CT molecular complexity index is 966. The summed E-state index contributed by atoms with van der Waals surface area (Å²) in [4.78, 5) is 8.33. The number of benzene rings is 2. The number of halogens is 1. The van der Waals surface area contributed by atoms with Gasteiger partial charge in [0.1, 0.15) is 18.7 Å². The SMILES string of the molecule is C=CCOc1ccc(-c2cc(C=CCCCC(C)F)ccc2-c2cncnc2)cc1. The predicted octanol–water partition coefficient (Wildman–Crippen LogP) is 6.92. The van der Waals surface area contributed by atoms with Crippen molar-refractivity contribution >= 4 is 6.08 Å². The average molecular weight is 403 g/mol. The van der Waals surface area contributed by atoms with E-state index in [0.717, 1.165) is 46.4 Å². The van der Waals surface area contributed by atoms with Gasteiger partial charge in [-0.2, -0.15) is 0 Å². The van der Waals surface area contributed by atoms with E-state index in [1.165, 1.54) is 6.33 Å². The zero-order valence-corrected chi connectivity index (χ0v) is 17.3. The van der Waals surface area contributed by atoms with Crippen LogP contribution in [0.25, 0.3) is 28.3 Å². The normalized spacial score (nSPS) is 12.1. The molecule has 154 valence electrons. The first kappa shape index (κ1) is 21.4. The minimum Gasteiger partial charge on any atom is -0.490 e. The Morgan fingerprint density at radius 3 is 2.50 bits per heavy atom. The average Bonchev–Trinajstić information content (AvgIpc) is 2.78. The fourth-order valence-corrected chi connectivity index (χ4v) is 3.22. The minimum absolute atomic E-state index is 0.480. The summed E-state index contributed by atoms with van der Waals surface area (Å²) in [7, 11) is 0. The molecule has 3 rings (SSSR count). The highest BCUT2D eigenvalue weighted by Gasteiger charge is 2.09. The quantitative estimate of drug-likeness (QED) is 0.273. The third-order valence-corrected chi connectivity index (χ3v) is 4.73. The highest BCUT2D eigenvalue weighted by atomic mass is 19.1. The van der Waals surface area contributed by atoms with Crippen LogP contribution in [0.5, 0.6) is 5.75 Å². The molecule has 4 heteroatoms. The topological polar surface area (TPSA) is 35.0 Å². The van der Waals surface area contributed by atoms with Gasteiger partial charge in [0, 0.05) is 18.0 Å². The molecule has 2 aromatic carbocycles. The lowest BCUT2D eigenvalue weighted by atomic mass is 9.94. The fraction of sp³-hybridized carbons (Fsp3) is 0.231. The van der Waals surface area contributed by atoms with E-state index in [-0.39, 0.29) is 0 Å². The zero-order valence-electron chi connectivity index (χ0n) is 17.3. The Hall–Kier alpha value is -3.27. The van der Waals surface area contributed by atoms with E-state index in [0.29, 0.717) is 13.0 Å². The van der Waals surface area contributed by atoms with Crippen molar-refractivity contribution in [1.29, 1.82) is 0 Å². The summed E-state index contributed by atoms with van der Waals surface area (Å²) in [5.41, 5.74) is 5.32. The number of rotatable bonds is 10. The van der Waals surface area contributed by atoms with Crippen molar-refractivity contribution in [3.8, 4) is 28.0 Å². The first-order chi connectivity index (χ1) is 14.7. The molecule has 3 nitrogen and oxygen atoms in total. The molecule has 1 aromatic heterocycles. The Morgan fingerprint density at radius 2 is 1.80 bits per heavy atom. The molecule has 3 aromatic rings. The van der Waals surface area contributed by atoms with Crippen molar-refractivity contribution in [2.24, 2.45) is 0 Å². The smallest absolute Gasteiger partial charge is 0.119 e. The van der Waals surface area contributed by atoms with Gasteiger partial charge in [0.05, 0.1) is 6.17 Å². The van der Waals surface area contributed by atoms with Crippen LogP contribution < -0.4 is 4.74 Å². The van der Waals surface area contributed by atoms with Crippen LogP contribution in [0.4, 0.5) is 4.39 Å². The summed E-state index contributed by atoms with van der Waals surface area (Å²) in [5, 5.41) is 0. The third-order valence-electron chi connectivity index (χ3n) is 4.73. The molecule has 0 aliphatic rings. The zero-order chi connectivity index (χ0) is 21.2. The maximum absolute atomic E-state index is 12.9. The summed E-state index contributed by atoms with van der Waals surface area (Å²) >= 11 is 0. The number of hydrogen-bond acceptors (Lipinski definition) is 3. The molecule has 0 aliphatic heterocycles. The number of allylic oxidation sites excluding steroid dienone is 1. The lowest BCUT2D eigenvalue weighted by molar-refractivity contribution is 0.335. The van der Waals surface area contributed by atoms with Crippen LogP contribution in [0, 0.1) is 0 Å². The van der Waals surface area contributed by atoms with Crippen molar-refractivity contribution in [1.82, 2.24) is 9.97 Å². The second kappa shape index (κ2) is 11.1. The molecule has 1 heterocycles. The Labute approximate surface area is 178 Å². The number of unbranched alkanes of at least 4 members (excludes halogenated alkanes) is 1. The van der Waals surface area contributed by atoms with Gasteiger partial charge in [-0.15, -0.1) is 0 Å². The molecule has 0 saturated carbocycles. The molecule has 30 heavy (non-hydrogen) atoms. The number of aromatic nitrogens is 2. The Morgan fingerprint density at radius 1 is 1.03 bits per heavy atom. The van der Waals surface area contributed by atoms with Crippen LogP contribution in [-0.4, -0.2) is 22.7 Å². The molecule has 0 N–H and O–H groups in total. The van der Waals surface area contributed by atoms with E-state index in [9.17, 15) is 4.39 Å². The van der Waals surface area contributed by atoms with Crippen molar-refractivity contribution in [3.63, 3.8) is 0 Å². The van der Waals surface area contributed by atoms with Crippen LogP contribution in [-0.2, 0) is 0 Å². The molecule has 0 amide bonds. The summed E-state index contributed by atoms with van der Waals surface area (Å²) < 4.78 is 18.5. The molecule has 0 aliphatic carbocycles. The van der Waals surface area contributed by atoms with Crippen molar-refractivity contribution in [2.75, 3.05) is 6.61 Å². The highest BCUT2D eigenvalue weighted by Crippen LogP contribution is 2.33. The monoisotopic (exact) mass is 402 g/mol. The van der Waals surface area contributed by atoms with Gasteiger partial charge in [0.25, 0.3) is 0 Å². The highest BCUT2D eigenvalue weighted by molar-refractivity contribution is 5.84. The van der Waals surface area contributed by atoms with Gasteiger partial charge in [-0.05, 0) is 66.6 Å². The molecular formula is C26H27FN2O. The number of ether oxygens (including phenoxy) is 1. The van der Waals surface area contributed by atoms with Gasteiger partial charge in [0.2, 0.25) is 0 Å². The van der Waals surface area contributed by atoms with Gasteiger partial charge in [-0.1, -0.05) is 49.1 Å². The van der Waals surface area contributed by atoms with E-state index in [1.807, 2.05) is 24.5 Å². The second-order valence-corrected chi connectivity index (χ2v) is 7.17. The van der Waals surface area contributed by atoms with E-state index in [2.05, 4.69) is 59.0 Å².